The van der Waals surface area contributed by atoms with E-state index in [-0.39, 0.29) is 25.9 Å². The number of ether oxygens (including phenoxy) is 3. The van der Waals surface area contributed by atoms with E-state index >= 15 is 0 Å². The average molecular weight is 1070 g/mol. The molecule has 0 heterocycles. The third-order valence-corrected chi connectivity index (χ3v) is 14.1. The molecule has 0 amide bonds. The van der Waals surface area contributed by atoms with Gasteiger partial charge < -0.3 is 24.2 Å². The summed E-state index contributed by atoms with van der Waals surface area (Å²) in [6.45, 7) is 4.61. The number of aliphatic hydroxyl groups is 1. The second-order valence-electron chi connectivity index (χ2n) is 20.5. The lowest BCUT2D eigenvalue weighted by atomic mass is 10.1. The fraction of sp³-hybridized carbons (Fsp3) is 0.823. The van der Waals surface area contributed by atoms with Crippen molar-refractivity contribution in [2.75, 3.05) is 26.4 Å². The first-order valence-electron chi connectivity index (χ1n) is 30.5. The number of carbonyl (C=O) groups excluding carboxylic acids is 3. The van der Waals surface area contributed by atoms with Gasteiger partial charge in [-0.3, -0.25) is 23.4 Å². The van der Waals surface area contributed by atoms with Crippen LogP contribution in [0.1, 0.15) is 290 Å². The predicted octanol–water partition coefficient (Wildman–Crippen LogP) is 18.1. The van der Waals surface area contributed by atoms with E-state index in [1.807, 2.05) is 0 Å². The number of phosphoric acid groups is 1. The van der Waals surface area contributed by atoms with Gasteiger partial charge in [0.15, 0.2) is 6.10 Å². The monoisotopic (exact) mass is 1060 g/mol. The van der Waals surface area contributed by atoms with Crippen molar-refractivity contribution in [2.24, 2.45) is 0 Å². The first kappa shape index (κ1) is 71.4. The van der Waals surface area contributed by atoms with Crippen LogP contribution in [0, 0.1) is 0 Å². The highest BCUT2D eigenvalue weighted by molar-refractivity contribution is 7.47. The van der Waals surface area contributed by atoms with Gasteiger partial charge in [0.1, 0.15) is 12.7 Å². The summed E-state index contributed by atoms with van der Waals surface area (Å²) < 4.78 is 39.6. The maximum absolute atomic E-state index is 12.9. The number of unbranched alkanes of at least 4 members (excludes halogenated alkanes) is 32. The molecule has 0 bridgehead atoms. The number of esters is 3. The lowest BCUT2D eigenvalue weighted by molar-refractivity contribution is -0.161. The van der Waals surface area contributed by atoms with Crippen molar-refractivity contribution in [3.63, 3.8) is 0 Å². The zero-order valence-electron chi connectivity index (χ0n) is 47.8. The molecule has 0 aliphatic heterocycles. The predicted molar refractivity (Wildman–Crippen MR) is 307 cm³/mol. The second-order valence-corrected chi connectivity index (χ2v) is 22.0. The van der Waals surface area contributed by atoms with E-state index in [1.54, 1.807) is 0 Å². The zero-order chi connectivity index (χ0) is 54.1. The minimum absolute atomic E-state index is 0.152. The van der Waals surface area contributed by atoms with Crippen LogP contribution < -0.4 is 0 Å². The summed E-state index contributed by atoms with van der Waals surface area (Å²) in [5, 5.41) is 9.81. The van der Waals surface area contributed by atoms with Gasteiger partial charge in [-0.25, -0.2) is 4.57 Å². The molecule has 0 saturated carbocycles. The molecule has 432 valence electrons. The number of hydrogen-bond donors (Lipinski definition) is 2. The lowest BCUT2D eigenvalue weighted by Gasteiger charge is -2.21. The van der Waals surface area contributed by atoms with Gasteiger partial charge in [-0.05, 0) is 103 Å². The third kappa shape index (κ3) is 54.2. The second kappa shape index (κ2) is 56.6. The van der Waals surface area contributed by atoms with Gasteiger partial charge in [0.2, 0.25) is 0 Å². The summed E-state index contributed by atoms with van der Waals surface area (Å²) in [5.41, 5.74) is 0. The first-order chi connectivity index (χ1) is 36.2. The van der Waals surface area contributed by atoms with Gasteiger partial charge in [-0.15, -0.1) is 0 Å². The molecule has 0 aromatic rings. The Morgan fingerprint density at radius 2 is 0.662 bits per heavy atom. The van der Waals surface area contributed by atoms with Crippen LogP contribution in [0.5, 0.6) is 0 Å². The SMILES string of the molecule is CCCCC/C=C\C/C=C\CCCCCCCC(=O)OC(COC(=O)CCCCCCCCCCC/C=C\CCCCCCCC)COP(=O)(O)OCC(CO)OC(=O)CCCCCCC/C=C\CCCCCC. The van der Waals surface area contributed by atoms with Crippen molar-refractivity contribution in [1.29, 1.82) is 0 Å². The average Bonchev–Trinajstić information content (AvgIpc) is 3.39. The van der Waals surface area contributed by atoms with Crippen LogP contribution in [0.4, 0.5) is 0 Å². The van der Waals surface area contributed by atoms with Crippen molar-refractivity contribution >= 4 is 25.7 Å². The summed E-state index contributed by atoms with van der Waals surface area (Å²) >= 11 is 0. The first-order valence-corrected chi connectivity index (χ1v) is 32.0. The molecule has 0 rings (SSSR count). The molecule has 12 heteroatoms. The number of carbonyl (C=O) groups is 3. The van der Waals surface area contributed by atoms with E-state index < -0.39 is 57.8 Å². The minimum Gasteiger partial charge on any atom is -0.462 e. The van der Waals surface area contributed by atoms with Crippen LogP contribution >= 0.6 is 7.82 Å². The summed E-state index contributed by atoms with van der Waals surface area (Å²) in [7, 11) is -4.75. The van der Waals surface area contributed by atoms with E-state index in [0.717, 1.165) is 103 Å². The van der Waals surface area contributed by atoms with Gasteiger partial charge in [0.25, 0.3) is 0 Å². The van der Waals surface area contributed by atoms with E-state index in [4.69, 9.17) is 23.3 Å². The Morgan fingerprint density at radius 3 is 1.05 bits per heavy atom. The molecular weight excluding hydrogens is 952 g/mol. The highest BCUT2D eigenvalue weighted by atomic mass is 31.2. The summed E-state index contributed by atoms with van der Waals surface area (Å²) in [6.07, 6.45) is 60.6. The van der Waals surface area contributed by atoms with Gasteiger partial charge in [0, 0.05) is 19.3 Å². The van der Waals surface area contributed by atoms with Crippen molar-refractivity contribution in [2.45, 2.75) is 303 Å². The zero-order valence-corrected chi connectivity index (χ0v) is 48.7. The maximum Gasteiger partial charge on any atom is 0.472 e. The van der Waals surface area contributed by atoms with Gasteiger partial charge in [-0.2, -0.15) is 0 Å². The molecule has 0 aliphatic rings. The Bertz CT molecular complexity index is 1430. The van der Waals surface area contributed by atoms with Crippen molar-refractivity contribution in [1.82, 2.24) is 0 Å². The topological polar surface area (TPSA) is 155 Å². The Labute approximate surface area is 453 Å². The Hall–Kier alpha value is -2.56. The van der Waals surface area contributed by atoms with Crippen molar-refractivity contribution < 1.29 is 52.2 Å². The highest BCUT2D eigenvalue weighted by Gasteiger charge is 2.28. The molecule has 0 aliphatic carbocycles. The number of allylic oxidation sites excluding steroid dienone is 8. The number of hydrogen-bond acceptors (Lipinski definition) is 10. The molecule has 0 aromatic carbocycles. The lowest BCUT2D eigenvalue weighted by Crippen LogP contribution is -2.30. The van der Waals surface area contributed by atoms with E-state index in [0.29, 0.717) is 19.3 Å². The molecule has 0 fully saturated rings. The van der Waals surface area contributed by atoms with Gasteiger partial charge in [-0.1, -0.05) is 217 Å². The Morgan fingerprint density at radius 1 is 0.378 bits per heavy atom. The molecule has 3 unspecified atom stereocenters. The molecule has 0 aromatic heterocycles. The molecule has 11 nitrogen and oxygen atoms in total. The van der Waals surface area contributed by atoms with Gasteiger partial charge >= 0.3 is 25.7 Å². The summed E-state index contributed by atoms with van der Waals surface area (Å²) in [5.74, 6) is -1.48. The van der Waals surface area contributed by atoms with Crippen molar-refractivity contribution in [3.05, 3.63) is 48.6 Å². The van der Waals surface area contributed by atoms with E-state index in [9.17, 15) is 28.9 Å². The maximum atomic E-state index is 12.9. The Balaban J connectivity index is 4.71. The van der Waals surface area contributed by atoms with Crippen LogP contribution in [0.2, 0.25) is 0 Å². The number of rotatable bonds is 57. The molecule has 74 heavy (non-hydrogen) atoms. The van der Waals surface area contributed by atoms with Crippen LogP contribution in [0.25, 0.3) is 0 Å². The van der Waals surface area contributed by atoms with E-state index in [2.05, 4.69) is 69.4 Å². The molecule has 3 atom stereocenters. The standard InChI is InChI=1S/C62H113O11P/c1-4-7-10-13-16-19-22-25-27-28-29-30-32-34-36-39-42-45-48-51-60(64)69-55-59(73-62(66)53-50-47-44-41-38-35-31-26-23-20-17-14-11-8-5-2)57-71-74(67,68)70-56-58(54-63)72-61(65)52-49-46-43-40-37-33-24-21-18-15-12-9-6-3/h17,20-21,24-27,31,58-59,63H,4-16,18-19,22-23,28-30,32-57H2,1-3H3,(H,67,68)/b20-17-,24-21-,27-25-,31-26-. The smallest absolute Gasteiger partial charge is 0.462 e. The van der Waals surface area contributed by atoms with E-state index in [1.165, 1.54) is 128 Å². The van der Waals surface area contributed by atoms with Crippen LogP contribution in [-0.4, -0.2) is 66.5 Å². The largest absolute Gasteiger partial charge is 0.472 e. The summed E-state index contributed by atoms with van der Waals surface area (Å²) in [6, 6.07) is 0. The molecule has 0 saturated heterocycles. The molecular formula is C62H113O11P. The van der Waals surface area contributed by atoms with Crippen LogP contribution in [-0.2, 0) is 42.2 Å². The molecule has 2 N–H and O–H groups in total. The van der Waals surface area contributed by atoms with Crippen LogP contribution in [0.3, 0.4) is 0 Å². The van der Waals surface area contributed by atoms with Gasteiger partial charge in [0.05, 0.1) is 19.8 Å². The quantitative estimate of drug-likeness (QED) is 0.0197. The van der Waals surface area contributed by atoms with Crippen LogP contribution in [0.15, 0.2) is 48.6 Å². The van der Waals surface area contributed by atoms with Crippen molar-refractivity contribution in [3.8, 4) is 0 Å². The Kier molecular flexibility index (Phi) is 54.7. The number of phosphoric ester groups is 1. The highest BCUT2D eigenvalue weighted by Crippen LogP contribution is 2.43. The summed E-state index contributed by atoms with van der Waals surface area (Å²) in [4.78, 5) is 48.6. The normalized spacial score (nSPS) is 13.6. The molecule has 0 spiro atoms. The third-order valence-electron chi connectivity index (χ3n) is 13.2. The number of aliphatic hydroxyl groups excluding tert-OH is 1. The fourth-order valence-electron chi connectivity index (χ4n) is 8.49. The molecule has 0 radical (unpaired) electrons. The minimum atomic E-state index is -4.75. The fourth-order valence-corrected chi connectivity index (χ4v) is 9.28.